The Hall–Kier alpha value is -2.11. The van der Waals surface area contributed by atoms with E-state index in [4.69, 9.17) is 4.98 Å². The van der Waals surface area contributed by atoms with E-state index in [2.05, 4.69) is 6.07 Å². The molecule has 1 heterocycles. The molecule has 0 saturated heterocycles. The van der Waals surface area contributed by atoms with Gasteiger partial charge in [-0.3, -0.25) is 9.36 Å². The number of hydrogen-bond donors (Lipinski definition) is 1. The van der Waals surface area contributed by atoms with Gasteiger partial charge in [-0.25, -0.2) is 4.98 Å². The molecule has 0 unspecified atom stereocenters. The first-order valence-corrected chi connectivity index (χ1v) is 9.19. The average molecular weight is 354 g/mol. The van der Waals surface area contributed by atoms with Crippen LogP contribution in [0.25, 0.3) is 16.6 Å². The van der Waals surface area contributed by atoms with Crippen molar-refractivity contribution in [3.05, 3.63) is 63.9 Å². The summed E-state index contributed by atoms with van der Waals surface area (Å²) in [7, 11) is 0. The highest BCUT2D eigenvalue weighted by Crippen LogP contribution is 2.26. The van der Waals surface area contributed by atoms with Crippen LogP contribution in [-0.2, 0) is 0 Å². The van der Waals surface area contributed by atoms with Gasteiger partial charge in [0, 0.05) is 5.75 Å². The van der Waals surface area contributed by atoms with Crippen molar-refractivity contribution in [2.45, 2.75) is 38.5 Å². The summed E-state index contributed by atoms with van der Waals surface area (Å²) in [5, 5.41) is 11.3. The van der Waals surface area contributed by atoms with Gasteiger partial charge < -0.3 is 5.11 Å². The lowest BCUT2D eigenvalue weighted by Crippen LogP contribution is -2.25. The van der Waals surface area contributed by atoms with Crippen LogP contribution in [0.2, 0.25) is 0 Å². The van der Waals surface area contributed by atoms with E-state index in [-0.39, 0.29) is 5.56 Å². The molecule has 0 aliphatic carbocycles. The van der Waals surface area contributed by atoms with Gasteiger partial charge in [0.25, 0.3) is 5.56 Å². The molecule has 0 amide bonds. The number of para-hydroxylation sites is 1. The normalized spacial score (nSPS) is 11.9. The molecule has 0 atom stereocenters. The van der Waals surface area contributed by atoms with Crippen LogP contribution in [-0.4, -0.2) is 26.0 Å². The Labute approximate surface area is 151 Å². The number of fused-ring (bicyclic) bond motifs is 1. The zero-order chi connectivity index (χ0) is 18.2. The molecular weight excluding hydrogens is 332 g/mol. The van der Waals surface area contributed by atoms with Crippen molar-refractivity contribution in [3.8, 4) is 5.69 Å². The van der Waals surface area contributed by atoms with Gasteiger partial charge >= 0.3 is 0 Å². The van der Waals surface area contributed by atoms with Gasteiger partial charge in [0.05, 0.1) is 22.2 Å². The van der Waals surface area contributed by atoms with Crippen molar-refractivity contribution >= 4 is 22.7 Å². The average Bonchev–Trinajstić information content (AvgIpc) is 2.53. The lowest BCUT2D eigenvalue weighted by atomic mass is 10.1. The first-order chi connectivity index (χ1) is 11.8. The van der Waals surface area contributed by atoms with E-state index >= 15 is 0 Å². The number of aromatic nitrogens is 2. The number of nitrogens with zero attached hydrogens (tertiary/aromatic N) is 2. The van der Waals surface area contributed by atoms with Crippen molar-refractivity contribution in [2.24, 2.45) is 0 Å². The van der Waals surface area contributed by atoms with Crippen molar-refractivity contribution < 1.29 is 5.11 Å². The lowest BCUT2D eigenvalue weighted by molar-refractivity contribution is 0.107. The van der Waals surface area contributed by atoms with Crippen molar-refractivity contribution in [3.63, 3.8) is 0 Å². The fraction of sp³-hybridized carbons (Fsp3) is 0.300. The van der Waals surface area contributed by atoms with Crippen LogP contribution in [0.5, 0.6) is 0 Å². The van der Waals surface area contributed by atoms with Crippen molar-refractivity contribution in [2.75, 3.05) is 5.75 Å². The summed E-state index contributed by atoms with van der Waals surface area (Å²) in [6.45, 7) is 7.53. The number of thioether (sulfide) groups is 1. The molecule has 1 N–H and O–H groups in total. The zero-order valence-electron chi connectivity index (χ0n) is 14.9. The highest BCUT2D eigenvalue weighted by atomic mass is 32.2. The second-order valence-electron chi connectivity index (χ2n) is 6.94. The molecule has 0 spiro atoms. The minimum absolute atomic E-state index is 0.0872. The van der Waals surface area contributed by atoms with Crippen LogP contribution < -0.4 is 5.56 Å². The first-order valence-electron chi connectivity index (χ1n) is 8.21. The molecule has 3 rings (SSSR count). The van der Waals surface area contributed by atoms with Gasteiger partial charge in [0.15, 0.2) is 5.16 Å². The first kappa shape index (κ1) is 17.7. The van der Waals surface area contributed by atoms with Crippen LogP contribution >= 0.6 is 11.8 Å². The zero-order valence-corrected chi connectivity index (χ0v) is 15.7. The molecule has 0 aliphatic rings. The lowest BCUT2D eigenvalue weighted by Gasteiger charge is -2.19. The molecule has 1 aromatic heterocycles. The van der Waals surface area contributed by atoms with Gasteiger partial charge in [-0.15, -0.1) is 0 Å². The maximum atomic E-state index is 13.2. The minimum Gasteiger partial charge on any atom is -0.390 e. The SMILES string of the molecule is Cc1ccc(-n2c(SCC(C)(C)O)nc3ccccc3c2=O)c(C)c1. The molecule has 3 aromatic rings. The Kier molecular flexibility index (Phi) is 4.71. The fourth-order valence-electron chi connectivity index (χ4n) is 2.72. The molecule has 25 heavy (non-hydrogen) atoms. The molecule has 2 aromatic carbocycles. The molecule has 0 radical (unpaired) electrons. The van der Waals surface area contributed by atoms with Gasteiger partial charge in [-0.1, -0.05) is 41.6 Å². The predicted octanol–water partition coefficient (Wildman–Crippen LogP) is 3.87. The van der Waals surface area contributed by atoms with E-state index < -0.39 is 5.60 Å². The van der Waals surface area contributed by atoms with Gasteiger partial charge in [-0.2, -0.15) is 0 Å². The van der Waals surface area contributed by atoms with E-state index in [1.54, 1.807) is 24.5 Å². The Morgan fingerprint density at radius 2 is 1.88 bits per heavy atom. The van der Waals surface area contributed by atoms with Crippen LogP contribution in [0, 0.1) is 13.8 Å². The molecular formula is C20H22N2O2S. The topological polar surface area (TPSA) is 55.1 Å². The second-order valence-corrected chi connectivity index (χ2v) is 7.89. The summed E-state index contributed by atoms with van der Waals surface area (Å²) in [5.74, 6) is 0.447. The molecule has 0 bridgehead atoms. The summed E-state index contributed by atoms with van der Waals surface area (Å²) >= 11 is 1.39. The van der Waals surface area contributed by atoms with E-state index in [9.17, 15) is 9.90 Å². The largest absolute Gasteiger partial charge is 0.390 e. The fourth-order valence-corrected chi connectivity index (χ4v) is 3.67. The molecule has 130 valence electrons. The van der Waals surface area contributed by atoms with Gasteiger partial charge in [-0.05, 0) is 51.5 Å². The molecule has 0 fully saturated rings. The maximum absolute atomic E-state index is 13.2. The molecule has 0 aliphatic heterocycles. The second kappa shape index (κ2) is 6.65. The highest BCUT2D eigenvalue weighted by molar-refractivity contribution is 7.99. The number of benzene rings is 2. The third-order valence-electron chi connectivity index (χ3n) is 3.89. The standard InChI is InChI=1S/C20H22N2O2S/c1-13-9-10-17(14(2)11-13)22-18(23)15-7-5-6-8-16(15)21-19(22)25-12-20(3,4)24/h5-11,24H,12H2,1-4H3. The third-order valence-corrected chi connectivity index (χ3v) is 5.28. The molecule has 4 nitrogen and oxygen atoms in total. The maximum Gasteiger partial charge on any atom is 0.266 e. The summed E-state index contributed by atoms with van der Waals surface area (Å²) in [4.78, 5) is 17.9. The van der Waals surface area contributed by atoms with Gasteiger partial charge in [0.1, 0.15) is 0 Å². The Balaban J connectivity index is 2.26. The van der Waals surface area contributed by atoms with Crippen LogP contribution in [0.4, 0.5) is 0 Å². The van der Waals surface area contributed by atoms with E-state index in [1.165, 1.54) is 11.8 Å². The predicted molar refractivity (Wildman–Crippen MR) is 104 cm³/mol. The van der Waals surface area contributed by atoms with Gasteiger partial charge in [0.2, 0.25) is 0 Å². The van der Waals surface area contributed by atoms with E-state index in [1.807, 2.05) is 44.2 Å². The van der Waals surface area contributed by atoms with Crippen LogP contribution in [0.1, 0.15) is 25.0 Å². The Bertz CT molecular complexity index is 987. The van der Waals surface area contributed by atoms with Crippen molar-refractivity contribution in [1.29, 1.82) is 0 Å². The Morgan fingerprint density at radius 3 is 2.56 bits per heavy atom. The number of rotatable bonds is 4. The summed E-state index contributed by atoms with van der Waals surface area (Å²) in [6.07, 6.45) is 0. The summed E-state index contributed by atoms with van der Waals surface area (Å²) in [5.41, 5.74) is 2.73. The summed E-state index contributed by atoms with van der Waals surface area (Å²) < 4.78 is 1.66. The van der Waals surface area contributed by atoms with Crippen LogP contribution in [0.3, 0.4) is 0 Å². The molecule has 0 saturated carbocycles. The number of aliphatic hydroxyl groups is 1. The minimum atomic E-state index is -0.846. The monoisotopic (exact) mass is 354 g/mol. The highest BCUT2D eigenvalue weighted by Gasteiger charge is 2.19. The number of hydrogen-bond acceptors (Lipinski definition) is 4. The van der Waals surface area contributed by atoms with Crippen LogP contribution in [0.15, 0.2) is 52.4 Å². The number of aryl methyl sites for hydroxylation is 2. The molecule has 5 heteroatoms. The van der Waals surface area contributed by atoms with E-state index in [0.29, 0.717) is 21.8 Å². The summed E-state index contributed by atoms with van der Waals surface area (Å²) in [6, 6.07) is 13.4. The third kappa shape index (κ3) is 3.78. The van der Waals surface area contributed by atoms with Crippen molar-refractivity contribution in [1.82, 2.24) is 9.55 Å². The Morgan fingerprint density at radius 1 is 1.16 bits per heavy atom. The quantitative estimate of drug-likeness (QED) is 0.571. The smallest absolute Gasteiger partial charge is 0.266 e. The van der Waals surface area contributed by atoms with E-state index in [0.717, 1.165) is 16.8 Å².